The van der Waals surface area contributed by atoms with Crippen molar-refractivity contribution < 1.29 is 32.8 Å². The highest BCUT2D eigenvalue weighted by Gasteiger charge is 2.23. The van der Waals surface area contributed by atoms with Crippen molar-refractivity contribution in [3.8, 4) is 11.5 Å². The monoisotopic (exact) mass is 437 g/mol. The van der Waals surface area contributed by atoms with Gasteiger partial charge in [-0.25, -0.2) is 8.78 Å². The van der Waals surface area contributed by atoms with Gasteiger partial charge in [0.15, 0.2) is 0 Å². The molecule has 0 unspecified atom stereocenters. The van der Waals surface area contributed by atoms with Crippen molar-refractivity contribution in [2.24, 2.45) is 5.11 Å². The molecule has 0 amide bonds. The number of hydrogen-bond acceptors (Lipinski definition) is 6. The van der Waals surface area contributed by atoms with Crippen LogP contribution in [0.3, 0.4) is 0 Å². The molecule has 8 nitrogen and oxygen atoms in total. The van der Waals surface area contributed by atoms with Gasteiger partial charge in [-0.05, 0) is 23.2 Å². The van der Waals surface area contributed by atoms with Gasteiger partial charge in [0.05, 0.1) is 45.2 Å². The summed E-state index contributed by atoms with van der Waals surface area (Å²) < 4.78 is 48.0. The first kappa shape index (κ1) is 24.4. The normalized spacial score (nSPS) is 13.7. The maximum Gasteiger partial charge on any atom is 0.129 e. The van der Waals surface area contributed by atoms with Crippen LogP contribution in [0.25, 0.3) is 10.4 Å². The highest BCUT2D eigenvalue weighted by Crippen LogP contribution is 2.18. The summed E-state index contributed by atoms with van der Waals surface area (Å²) in [4.78, 5) is 2.71. The minimum Gasteiger partial charge on any atom is -0.497 e. The number of nitrogens with zero attached hydrogens (tertiary/aromatic N) is 3. The molecule has 0 aliphatic heterocycles. The Morgan fingerprint density at radius 1 is 1.06 bits per heavy atom. The van der Waals surface area contributed by atoms with Crippen LogP contribution in [0.15, 0.2) is 47.6 Å². The van der Waals surface area contributed by atoms with Crippen molar-refractivity contribution in [1.82, 2.24) is 0 Å². The molecule has 0 spiro atoms. The molecule has 1 N–H and O–H groups in total. The predicted molar refractivity (Wildman–Crippen MR) is 109 cm³/mol. The minimum absolute atomic E-state index is 0.0762. The zero-order valence-corrected chi connectivity index (χ0v) is 17.3. The molecule has 0 aliphatic rings. The van der Waals surface area contributed by atoms with E-state index in [9.17, 15) is 13.9 Å². The average molecular weight is 437 g/mol. The molecule has 0 saturated heterocycles. The molecule has 31 heavy (non-hydrogen) atoms. The third-order valence-electron chi connectivity index (χ3n) is 4.45. The Kier molecular flexibility index (Phi) is 9.99. The van der Waals surface area contributed by atoms with Crippen molar-refractivity contribution >= 4 is 0 Å². The van der Waals surface area contributed by atoms with E-state index in [1.54, 1.807) is 7.11 Å². The fraction of sp³-hybridized carbons (Fsp3) is 0.429. The van der Waals surface area contributed by atoms with Crippen molar-refractivity contribution in [3.05, 3.63) is 70.1 Å². The first-order valence-electron chi connectivity index (χ1n) is 9.49. The van der Waals surface area contributed by atoms with Gasteiger partial charge in [0.2, 0.25) is 0 Å². The molecule has 0 radical (unpaired) electrons. The molecule has 0 bridgehead atoms. The lowest BCUT2D eigenvalue weighted by atomic mass is 10.1. The number of aliphatic hydroxyl groups is 1. The molecule has 0 saturated carbocycles. The fourth-order valence-electron chi connectivity index (χ4n) is 2.81. The summed E-state index contributed by atoms with van der Waals surface area (Å²) in [5.74, 6) is -0.963. The lowest BCUT2D eigenvalue weighted by molar-refractivity contribution is -0.0287. The summed E-state index contributed by atoms with van der Waals surface area (Å²) in [5, 5.41) is 14.0. The van der Waals surface area contributed by atoms with Crippen LogP contribution in [-0.2, 0) is 16.1 Å². The molecule has 2 rings (SSSR count). The van der Waals surface area contributed by atoms with E-state index < -0.39 is 29.9 Å². The molecule has 10 heteroatoms. The van der Waals surface area contributed by atoms with Gasteiger partial charge < -0.3 is 24.1 Å². The van der Waals surface area contributed by atoms with Crippen molar-refractivity contribution in [1.29, 1.82) is 0 Å². The van der Waals surface area contributed by atoms with Gasteiger partial charge in [0.1, 0.15) is 23.1 Å². The van der Waals surface area contributed by atoms with Crippen LogP contribution in [0.2, 0.25) is 0 Å². The van der Waals surface area contributed by atoms with E-state index in [0.717, 1.165) is 23.4 Å². The molecule has 3 atom stereocenters. The lowest BCUT2D eigenvalue weighted by Gasteiger charge is -2.23. The maximum atomic E-state index is 13.3. The van der Waals surface area contributed by atoms with Crippen LogP contribution < -0.4 is 9.47 Å². The molecule has 2 aromatic carbocycles. The number of ether oxygens (including phenoxy) is 4. The third kappa shape index (κ3) is 8.39. The summed E-state index contributed by atoms with van der Waals surface area (Å²) in [7, 11) is 3.05. The smallest absolute Gasteiger partial charge is 0.129 e. The zero-order chi connectivity index (χ0) is 22.6. The van der Waals surface area contributed by atoms with Gasteiger partial charge in [-0.15, -0.1) is 0 Å². The Balaban J connectivity index is 1.87. The number of aliphatic hydroxyl groups excluding tert-OH is 1. The molecule has 0 aliphatic carbocycles. The molecule has 0 aromatic heterocycles. The number of methoxy groups -OCH3 is 2. The number of halogens is 2. The molecule has 168 valence electrons. The SMILES string of the molecule is COc1cccc(COC[C@@H](C[C@H](O)[C@H](COc2cc(F)cc(F)c2)N=[N+]=[N-])OC)c1. The second-order valence-electron chi connectivity index (χ2n) is 6.72. The Bertz CT molecular complexity index is 860. The molecular formula is C21H25F2N3O5. The van der Waals surface area contributed by atoms with Crippen molar-refractivity contribution in [3.63, 3.8) is 0 Å². The first-order chi connectivity index (χ1) is 14.9. The van der Waals surface area contributed by atoms with E-state index in [-0.39, 0.29) is 25.4 Å². The Morgan fingerprint density at radius 3 is 2.45 bits per heavy atom. The second kappa shape index (κ2) is 12.7. The summed E-state index contributed by atoms with van der Waals surface area (Å²) in [6.07, 6.45) is -1.51. The zero-order valence-electron chi connectivity index (χ0n) is 17.3. The van der Waals surface area contributed by atoms with E-state index in [1.165, 1.54) is 7.11 Å². The third-order valence-corrected chi connectivity index (χ3v) is 4.45. The molecule has 0 fully saturated rings. The largest absolute Gasteiger partial charge is 0.497 e. The van der Waals surface area contributed by atoms with Gasteiger partial charge in [0.25, 0.3) is 0 Å². The predicted octanol–water partition coefficient (Wildman–Crippen LogP) is 4.01. The van der Waals surface area contributed by atoms with E-state index >= 15 is 0 Å². The van der Waals surface area contributed by atoms with Crippen molar-refractivity contribution in [2.45, 2.75) is 31.3 Å². The van der Waals surface area contributed by atoms with E-state index in [0.29, 0.717) is 12.7 Å². The second-order valence-corrected chi connectivity index (χ2v) is 6.72. The number of hydrogen-bond donors (Lipinski definition) is 1. The van der Waals surface area contributed by atoms with E-state index in [1.807, 2.05) is 24.3 Å². The van der Waals surface area contributed by atoms with Gasteiger partial charge in [0, 0.05) is 36.6 Å². The van der Waals surface area contributed by atoms with Gasteiger partial charge in [-0.3, -0.25) is 0 Å². The topological polar surface area (TPSA) is 106 Å². The quantitative estimate of drug-likeness (QED) is 0.289. The molecular weight excluding hydrogens is 412 g/mol. The van der Waals surface area contributed by atoms with Gasteiger partial charge in [-0.2, -0.15) is 0 Å². The lowest BCUT2D eigenvalue weighted by Crippen LogP contribution is -2.35. The highest BCUT2D eigenvalue weighted by molar-refractivity contribution is 5.28. The average Bonchev–Trinajstić information content (AvgIpc) is 2.75. The Labute approximate surface area is 178 Å². The van der Waals surface area contributed by atoms with E-state index in [2.05, 4.69) is 10.0 Å². The van der Waals surface area contributed by atoms with Crippen molar-refractivity contribution in [2.75, 3.05) is 27.4 Å². The van der Waals surface area contributed by atoms with Crippen LogP contribution in [0.1, 0.15) is 12.0 Å². The number of rotatable bonds is 13. The maximum absolute atomic E-state index is 13.3. The van der Waals surface area contributed by atoms with Crippen LogP contribution >= 0.6 is 0 Å². The summed E-state index contributed by atoms with van der Waals surface area (Å²) in [5.41, 5.74) is 9.69. The highest BCUT2D eigenvalue weighted by atomic mass is 19.1. The number of benzene rings is 2. The van der Waals surface area contributed by atoms with Crippen LogP contribution in [0, 0.1) is 11.6 Å². The van der Waals surface area contributed by atoms with Crippen LogP contribution in [-0.4, -0.2) is 50.8 Å². The van der Waals surface area contributed by atoms with E-state index in [4.69, 9.17) is 24.5 Å². The standard InChI is InChI=1S/C21H25F2N3O5/c1-28-17-5-3-4-14(6-17)11-30-12-19(29-2)10-21(27)20(25-26-24)13-31-18-8-15(22)7-16(23)9-18/h3-9,19-21,27H,10-13H2,1-2H3/t19-,20+,21+/m1/s1. The molecule has 0 heterocycles. The number of azide groups is 1. The van der Waals surface area contributed by atoms with Crippen LogP contribution in [0.4, 0.5) is 8.78 Å². The first-order valence-corrected chi connectivity index (χ1v) is 9.49. The Morgan fingerprint density at radius 2 is 1.81 bits per heavy atom. The van der Waals surface area contributed by atoms with Crippen LogP contribution in [0.5, 0.6) is 11.5 Å². The summed E-state index contributed by atoms with van der Waals surface area (Å²) in [6, 6.07) is 9.12. The summed E-state index contributed by atoms with van der Waals surface area (Å²) in [6.45, 7) is 0.236. The minimum atomic E-state index is -1.13. The fourth-order valence-corrected chi connectivity index (χ4v) is 2.81. The molecule has 2 aromatic rings. The van der Waals surface area contributed by atoms with Gasteiger partial charge >= 0.3 is 0 Å². The summed E-state index contributed by atoms with van der Waals surface area (Å²) >= 11 is 0. The van der Waals surface area contributed by atoms with Gasteiger partial charge in [-0.1, -0.05) is 17.2 Å². The Hall–Kier alpha value is -2.91.